The van der Waals surface area contributed by atoms with Crippen molar-refractivity contribution in [2.45, 2.75) is 19.4 Å². The summed E-state index contributed by atoms with van der Waals surface area (Å²) in [5.74, 6) is -2.53. The topological polar surface area (TPSA) is 75.7 Å². The first kappa shape index (κ1) is 18.8. The van der Waals surface area contributed by atoms with Crippen molar-refractivity contribution in [2.75, 3.05) is 16.8 Å². The Hall–Kier alpha value is -2.93. The number of esters is 1. The number of benzene rings is 2. The zero-order chi connectivity index (χ0) is 19.6. The quantitative estimate of drug-likeness (QED) is 0.815. The first-order chi connectivity index (χ1) is 12.9. The molecule has 27 heavy (non-hydrogen) atoms. The minimum Gasteiger partial charge on any atom is -0.452 e. The van der Waals surface area contributed by atoms with Gasteiger partial charge in [-0.2, -0.15) is 0 Å². The van der Waals surface area contributed by atoms with Crippen LogP contribution in [0.3, 0.4) is 0 Å². The molecular formula is C19H16ClFN2O4. The monoisotopic (exact) mass is 390 g/mol. The number of amides is 2. The molecule has 0 aromatic heterocycles. The van der Waals surface area contributed by atoms with Gasteiger partial charge in [-0.1, -0.05) is 23.7 Å². The zero-order valence-electron chi connectivity index (χ0n) is 14.4. The molecule has 2 amide bonds. The van der Waals surface area contributed by atoms with E-state index in [0.29, 0.717) is 11.4 Å². The second kappa shape index (κ2) is 7.75. The molecule has 2 aromatic rings. The molecule has 0 spiro atoms. The highest BCUT2D eigenvalue weighted by Crippen LogP contribution is 2.31. The van der Waals surface area contributed by atoms with Crippen molar-refractivity contribution in [1.29, 1.82) is 0 Å². The summed E-state index contributed by atoms with van der Waals surface area (Å²) in [6, 6.07) is 9.88. The molecule has 2 aromatic carbocycles. The van der Waals surface area contributed by atoms with Gasteiger partial charge >= 0.3 is 5.97 Å². The van der Waals surface area contributed by atoms with E-state index in [0.717, 1.165) is 12.1 Å². The molecule has 6 nitrogen and oxygen atoms in total. The van der Waals surface area contributed by atoms with Crippen molar-refractivity contribution in [3.8, 4) is 0 Å². The van der Waals surface area contributed by atoms with Crippen LogP contribution >= 0.6 is 11.6 Å². The highest BCUT2D eigenvalue weighted by molar-refractivity contribution is 6.30. The normalized spacial score (nSPS) is 16.2. The third-order valence-electron chi connectivity index (χ3n) is 4.10. The SMILES string of the molecule is C[C@@H]1CC(=O)Nc2ccccc2N1C(=O)COC(=O)c1cc(Cl)ccc1F. The number of carbonyl (C=O) groups excluding carboxylic acids is 3. The maximum absolute atomic E-state index is 13.8. The van der Waals surface area contributed by atoms with Gasteiger partial charge < -0.3 is 15.0 Å². The molecule has 1 heterocycles. The number of hydrogen-bond acceptors (Lipinski definition) is 4. The minimum absolute atomic E-state index is 0.0945. The lowest BCUT2D eigenvalue weighted by molar-refractivity contribution is -0.122. The first-order valence-electron chi connectivity index (χ1n) is 8.20. The molecule has 0 saturated carbocycles. The highest BCUT2D eigenvalue weighted by Gasteiger charge is 2.30. The third-order valence-corrected chi connectivity index (χ3v) is 4.34. The van der Waals surface area contributed by atoms with Crippen molar-refractivity contribution in [3.05, 3.63) is 58.9 Å². The number of nitrogens with one attached hydrogen (secondary N) is 1. The Morgan fingerprint density at radius 3 is 2.81 bits per heavy atom. The first-order valence-corrected chi connectivity index (χ1v) is 8.57. The van der Waals surface area contributed by atoms with Gasteiger partial charge in [0.25, 0.3) is 5.91 Å². The maximum atomic E-state index is 13.8. The summed E-state index contributed by atoms with van der Waals surface area (Å²) < 4.78 is 18.7. The molecular weight excluding hydrogens is 375 g/mol. The molecule has 0 radical (unpaired) electrons. The fourth-order valence-corrected chi connectivity index (χ4v) is 3.07. The van der Waals surface area contributed by atoms with Crippen LogP contribution in [0.5, 0.6) is 0 Å². The van der Waals surface area contributed by atoms with Gasteiger partial charge in [-0.15, -0.1) is 0 Å². The van der Waals surface area contributed by atoms with Gasteiger partial charge in [0, 0.05) is 17.5 Å². The number of para-hydroxylation sites is 2. The van der Waals surface area contributed by atoms with E-state index in [9.17, 15) is 18.8 Å². The second-order valence-corrected chi connectivity index (χ2v) is 6.52. The summed E-state index contributed by atoms with van der Waals surface area (Å²) in [4.78, 5) is 38.2. The predicted molar refractivity (Wildman–Crippen MR) is 98.3 cm³/mol. The molecule has 0 bridgehead atoms. The largest absolute Gasteiger partial charge is 0.452 e. The van der Waals surface area contributed by atoms with Crippen LogP contribution in [0.4, 0.5) is 15.8 Å². The van der Waals surface area contributed by atoms with E-state index in [4.69, 9.17) is 16.3 Å². The lowest BCUT2D eigenvalue weighted by atomic mass is 10.1. The molecule has 1 atom stereocenters. The lowest BCUT2D eigenvalue weighted by Gasteiger charge is -2.27. The van der Waals surface area contributed by atoms with Gasteiger partial charge in [0.2, 0.25) is 5.91 Å². The van der Waals surface area contributed by atoms with E-state index in [1.165, 1.54) is 11.0 Å². The van der Waals surface area contributed by atoms with E-state index >= 15 is 0 Å². The highest BCUT2D eigenvalue weighted by atomic mass is 35.5. The lowest BCUT2D eigenvalue weighted by Crippen LogP contribution is -2.41. The Labute approximate surface area is 159 Å². The molecule has 140 valence electrons. The van der Waals surface area contributed by atoms with E-state index in [1.54, 1.807) is 31.2 Å². The van der Waals surface area contributed by atoms with Crippen LogP contribution in [0.15, 0.2) is 42.5 Å². The summed E-state index contributed by atoms with van der Waals surface area (Å²) in [5.41, 5.74) is 0.648. The van der Waals surface area contributed by atoms with Gasteiger partial charge in [0.15, 0.2) is 6.61 Å². The molecule has 1 aliphatic rings. The van der Waals surface area contributed by atoms with E-state index in [-0.39, 0.29) is 22.9 Å². The average Bonchev–Trinajstić information content (AvgIpc) is 2.75. The van der Waals surface area contributed by atoms with E-state index in [1.807, 2.05) is 0 Å². The van der Waals surface area contributed by atoms with Crippen LogP contribution in [0.2, 0.25) is 5.02 Å². The van der Waals surface area contributed by atoms with Gasteiger partial charge in [-0.05, 0) is 37.3 Å². The van der Waals surface area contributed by atoms with Gasteiger partial charge in [-0.3, -0.25) is 9.59 Å². The fraction of sp³-hybridized carbons (Fsp3) is 0.211. The number of hydrogen-bond donors (Lipinski definition) is 1. The molecule has 3 rings (SSSR count). The molecule has 0 aliphatic carbocycles. The summed E-state index contributed by atoms with van der Waals surface area (Å²) in [6.45, 7) is 1.12. The number of fused-ring (bicyclic) bond motifs is 1. The van der Waals surface area contributed by atoms with Gasteiger partial charge in [-0.25, -0.2) is 9.18 Å². The summed E-state index contributed by atoms with van der Waals surface area (Å²) in [5, 5.41) is 2.91. The Balaban J connectivity index is 1.78. The number of halogens is 2. The summed E-state index contributed by atoms with van der Waals surface area (Å²) in [6.07, 6.45) is 0.0945. The van der Waals surface area contributed by atoms with Crippen molar-refractivity contribution in [1.82, 2.24) is 0 Å². The number of carbonyl (C=O) groups is 3. The third kappa shape index (κ3) is 4.09. The summed E-state index contributed by atoms with van der Waals surface area (Å²) >= 11 is 5.76. The molecule has 1 aliphatic heterocycles. The molecule has 0 saturated heterocycles. The average molecular weight is 391 g/mol. The second-order valence-electron chi connectivity index (χ2n) is 6.08. The number of rotatable bonds is 3. The number of anilines is 2. The molecule has 8 heteroatoms. The molecule has 0 fully saturated rings. The Morgan fingerprint density at radius 1 is 1.30 bits per heavy atom. The van der Waals surface area contributed by atoms with Crippen molar-refractivity contribution >= 4 is 40.8 Å². The molecule has 0 unspecified atom stereocenters. The fourth-order valence-electron chi connectivity index (χ4n) is 2.90. The van der Waals surface area contributed by atoms with Gasteiger partial charge in [0.1, 0.15) is 5.82 Å². The zero-order valence-corrected chi connectivity index (χ0v) is 15.1. The van der Waals surface area contributed by atoms with Crippen LogP contribution in [-0.4, -0.2) is 30.4 Å². The molecule has 1 N–H and O–H groups in total. The number of ether oxygens (including phenoxy) is 1. The van der Waals surface area contributed by atoms with Crippen molar-refractivity contribution in [2.24, 2.45) is 0 Å². The smallest absolute Gasteiger partial charge is 0.341 e. The standard InChI is InChI=1S/C19H16ClFN2O4/c1-11-8-17(24)22-15-4-2-3-5-16(15)23(11)18(25)10-27-19(26)13-9-12(20)6-7-14(13)21/h2-7,9,11H,8,10H2,1H3,(H,22,24)/t11-/m1/s1. The number of nitrogens with zero attached hydrogens (tertiary/aromatic N) is 1. The van der Waals surface area contributed by atoms with Crippen molar-refractivity contribution < 1.29 is 23.5 Å². The van der Waals surface area contributed by atoms with Gasteiger partial charge in [0.05, 0.1) is 16.9 Å². The van der Waals surface area contributed by atoms with E-state index in [2.05, 4.69) is 5.32 Å². The van der Waals surface area contributed by atoms with Crippen LogP contribution in [0.25, 0.3) is 0 Å². The van der Waals surface area contributed by atoms with Crippen molar-refractivity contribution in [3.63, 3.8) is 0 Å². The minimum atomic E-state index is -0.992. The van der Waals surface area contributed by atoms with Crippen LogP contribution in [0.1, 0.15) is 23.7 Å². The summed E-state index contributed by atoms with van der Waals surface area (Å²) in [7, 11) is 0. The van der Waals surface area contributed by atoms with Crippen LogP contribution in [-0.2, 0) is 14.3 Å². The maximum Gasteiger partial charge on any atom is 0.341 e. The predicted octanol–water partition coefficient (Wildman–Crippen LogP) is 3.40. The van der Waals surface area contributed by atoms with Crippen LogP contribution < -0.4 is 10.2 Å². The van der Waals surface area contributed by atoms with Crippen LogP contribution in [0, 0.1) is 5.82 Å². The van der Waals surface area contributed by atoms with E-state index < -0.39 is 30.3 Å². The Bertz CT molecular complexity index is 918. The Morgan fingerprint density at radius 2 is 2.04 bits per heavy atom. The Kier molecular flexibility index (Phi) is 5.41.